The second-order valence-corrected chi connectivity index (χ2v) is 8.45. The predicted octanol–water partition coefficient (Wildman–Crippen LogP) is 1.00. The van der Waals surface area contributed by atoms with Gasteiger partial charge in [0.25, 0.3) is 0 Å². The highest BCUT2D eigenvalue weighted by atomic mass is 16.6. The Hall–Kier alpha value is -1.75. The van der Waals surface area contributed by atoms with E-state index in [-0.39, 0.29) is 0 Å². The zero-order valence-corrected chi connectivity index (χ0v) is 24.9. The van der Waals surface area contributed by atoms with Crippen LogP contribution in [0.3, 0.4) is 0 Å². The van der Waals surface area contributed by atoms with Crippen molar-refractivity contribution in [2.45, 2.75) is 0 Å². The van der Waals surface area contributed by atoms with Gasteiger partial charge in [0.1, 0.15) is 18.6 Å². The minimum absolute atomic E-state index is 0.432. The number of benzene rings is 1. The molecule has 0 atom stereocenters. The van der Waals surface area contributed by atoms with Gasteiger partial charge in [-0.2, -0.15) is 0 Å². The first-order chi connectivity index (χ1) is 20.9. The molecule has 0 aromatic heterocycles. The van der Waals surface area contributed by atoms with Crippen LogP contribution in [0.1, 0.15) is 10.4 Å². The Morgan fingerprint density at radius 1 is 0.405 bits per heavy atom. The highest BCUT2D eigenvalue weighted by molar-refractivity contribution is 5.74. The number of ether oxygens (including phenoxy) is 11. The van der Waals surface area contributed by atoms with Crippen molar-refractivity contribution in [3.05, 3.63) is 29.8 Å². The van der Waals surface area contributed by atoms with Crippen LogP contribution in [0.25, 0.3) is 0 Å². The van der Waals surface area contributed by atoms with Gasteiger partial charge in [-0.15, -0.1) is 0 Å². The van der Waals surface area contributed by atoms with Crippen LogP contribution in [0.15, 0.2) is 24.3 Å². The van der Waals surface area contributed by atoms with Crippen LogP contribution >= 0.6 is 0 Å². The third kappa shape index (κ3) is 27.1. The van der Waals surface area contributed by atoms with E-state index in [1.807, 2.05) is 0 Å². The lowest BCUT2D eigenvalue weighted by Crippen LogP contribution is -2.15. The Kier molecular flexibility index (Phi) is 29.3. The summed E-state index contributed by atoms with van der Waals surface area (Å²) in [7, 11) is 0. The van der Waals surface area contributed by atoms with Gasteiger partial charge < -0.3 is 57.8 Å². The average Bonchev–Trinajstić information content (AvgIpc) is 3.02. The standard InChI is InChI=1S/C29H51NO12/c30-5-6-32-7-8-33-9-10-34-11-12-35-13-14-36-15-16-37-17-18-38-19-20-39-21-22-40-23-24-41-25-26-42-29-3-1-28(27-31)2-4-29/h1-4,27H,5-26,30H2. The van der Waals surface area contributed by atoms with Crippen molar-refractivity contribution in [2.75, 3.05) is 145 Å². The lowest BCUT2D eigenvalue weighted by molar-refractivity contribution is -0.0266. The summed E-state index contributed by atoms with van der Waals surface area (Å²) < 4.78 is 59.7. The van der Waals surface area contributed by atoms with Gasteiger partial charge in [-0.05, 0) is 24.3 Å². The maximum atomic E-state index is 10.6. The summed E-state index contributed by atoms with van der Waals surface area (Å²) in [5, 5.41) is 0. The molecule has 0 radical (unpaired) electrons. The lowest BCUT2D eigenvalue weighted by Gasteiger charge is -2.09. The molecule has 0 saturated heterocycles. The van der Waals surface area contributed by atoms with E-state index in [9.17, 15) is 4.79 Å². The molecule has 0 aliphatic carbocycles. The van der Waals surface area contributed by atoms with Crippen molar-refractivity contribution in [3.63, 3.8) is 0 Å². The van der Waals surface area contributed by atoms with Crippen LogP contribution in [0.2, 0.25) is 0 Å². The molecule has 1 aromatic rings. The Balaban J connectivity index is 1.64. The van der Waals surface area contributed by atoms with Crippen LogP contribution in [0.5, 0.6) is 5.75 Å². The monoisotopic (exact) mass is 605 g/mol. The zero-order valence-electron chi connectivity index (χ0n) is 24.9. The number of rotatable bonds is 34. The molecule has 244 valence electrons. The molecule has 0 spiro atoms. The average molecular weight is 606 g/mol. The Labute approximate surface area is 250 Å². The number of hydrogen-bond donors (Lipinski definition) is 1. The van der Waals surface area contributed by atoms with Gasteiger partial charge in [0.15, 0.2) is 0 Å². The highest BCUT2D eigenvalue weighted by Crippen LogP contribution is 2.10. The molecule has 0 bridgehead atoms. The van der Waals surface area contributed by atoms with Crippen molar-refractivity contribution in [1.82, 2.24) is 0 Å². The quantitative estimate of drug-likeness (QED) is 0.0882. The molecule has 42 heavy (non-hydrogen) atoms. The fourth-order valence-corrected chi connectivity index (χ4v) is 3.03. The van der Waals surface area contributed by atoms with Crippen molar-refractivity contribution >= 4 is 6.29 Å². The van der Waals surface area contributed by atoms with E-state index in [1.54, 1.807) is 24.3 Å². The first-order valence-electron chi connectivity index (χ1n) is 14.5. The molecule has 1 aromatic carbocycles. The summed E-state index contributed by atoms with van der Waals surface area (Å²) in [6.45, 7) is 11.1. The van der Waals surface area contributed by atoms with Crippen LogP contribution in [-0.4, -0.2) is 152 Å². The van der Waals surface area contributed by atoms with E-state index in [4.69, 9.17) is 57.8 Å². The van der Waals surface area contributed by atoms with Gasteiger partial charge >= 0.3 is 0 Å². The molecule has 0 unspecified atom stereocenters. The number of hydrogen-bond acceptors (Lipinski definition) is 13. The molecular weight excluding hydrogens is 554 g/mol. The minimum atomic E-state index is 0.432. The lowest BCUT2D eigenvalue weighted by atomic mass is 10.2. The summed E-state index contributed by atoms with van der Waals surface area (Å²) in [5.41, 5.74) is 5.94. The molecular formula is C29H51NO12. The number of carbonyl (C=O) groups excluding carboxylic acids is 1. The summed E-state index contributed by atoms with van der Waals surface area (Å²) in [5.74, 6) is 0.704. The van der Waals surface area contributed by atoms with E-state index >= 15 is 0 Å². The first kappa shape index (κ1) is 38.3. The Morgan fingerprint density at radius 3 is 0.929 bits per heavy atom. The van der Waals surface area contributed by atoms with Crippen LogP contribution in [-0.2, 0) is 47.4 Å². The van der Waals surface area contributed by atoms with Crippen LogP contribution in [0, 0.1) is 0 Å². The van der Waals surface area contributed by atoms with Crippen molar-refractivity contribution < 1.29 is 56.9 Å². The normalized spacial score (nSPS) is 11.3. The molecule has 1 rings (SSSR count). The van der Waals surface area contributed by atoms with Crippen molar-refractivity contribution in [2.24, 2.45) is 5.73 Å². The SMILES string of the molecule is NCCOCCOCCOCCOCCOCCOCCOCCOCCOCCOCCOc1ccc(C=O)cc1. The summed E-state index contributed by atoms with van der Waals surface area (Å²) >= 11 is 0. The van der Waals surface area contributed by atoms with Crippen molar-refractivity contribution in [3.8, 4) is 5.75 Å². The third-order valence-corrected chi connectivity index (χ3v) is 5.12. The van der Waals surface area contributed by atoms with Gasteiger partial charge in [0.05, 0.1) is 132 Å². The summed E-state index contributed by atoms with van der Waals surface area (Å²) in [6.07, 6.45) is 0.797. The molecule has 13 nitrogen and oxygen atoms in total. The number of nitrogens with two attached hydrogens (primary N) is 1. The van der Waals surface area contributed by atoms with E-state index in [0.29, 0.717) is 157 Å². The van der Waals surface area contributed by atoms with Gasteiger partial charge in [0, 0.05) is 12.1 Å². The summed E-state index contributed by atoms with van der Waals surface area (Å²) in [6, 6.07) is 6.93. The minimum Gasteiger partial charge on any atom is -0.491 e. The highest BCUT2D eigenvalue weighted by Gasteiger charge is 1.97. The summed E-state index contributed by atoms with van der Waals surface area (Å²) in [4.78, 5) is 10.6. The second kappa shape index (κ2) is 32.2. The Bertz CT molecular complexity index is 683. The van der Waals surface area contributed by atoms with Gasteiger partial charge in [0.2, 0.25) is 0 Å². The third-order valence-electron chi connectivity index (χ3n) is 5.12. The first-order valence-corrected chi connectivity index (χ1v) is 14.5. The van der Waals surface area contributed by atoms with Crippen LogP contribution < -0.4 is 10.5 Å². The van der Waals surface area contributed by atoms with Crippen LogP contribution in [0.4, 0.5) is 0 Å². The molecule has 0 aliphatic rings. The largest absolute Gasteiger partial charge is 0.491 e. The maximum Gasteiger partial charge on any atom is 0.150 e. The molecule has 13 heteroatoms. The molecule has 0 aliphatic heterocycles. The van der Waals surface area contributed by atoms with Crippen molar-refractivity contribution in [1.29, 1.82) is 0 Å². The topological polar surface area (TPSA) is 145 Å². The van der Waals surface area contributed by atoms with E-state index < -0.39 is 0 Å². The van der Waals surface area contributed by atoms with E-state index in [2.05, 4.69) is 0 Å². The maximum absolute atomic E-state index is 10.6. The van der Waals surface area contributed by atoms with E-state index in [1.165, 1.54) is 0 Å². The molecule has 0 heterocycles. The second-order valence-electron chi connectivity index (χ2n) is 8.45. The fourth-order valence-electron chi connectivity index (χ4n) is 3.03. The number of carbonyl (C=O) groups is 1. The van der Waals surface area contributed by atoms with Gasteiger partial charge in [-0.25, -0.2) is 0 Å². The predicted molar refractivity (Wildman–Crippen MR) is 155 cm³/mol. The fraction of sp³-hybridized carbons (Fsp3) is 0.759. The molecule has 0 saturated carbocycles. The molecule has 0 amide bonds. The Morgan fingerprint density at radius 2 is 0.667 bits per heavy atom. The van der Waals surface area contributed by atoms with Gasteiger partial charge in [-0.3, -0.25) is 4.79 Å². The molecule has 0 fully saturated rings. The smallest absolute Gasteiger partial charge is 0.150 e. The zero-order chi connectivity index (χ0) is 30.0. The molecule has 2 N–H and O–H groups in total. The number of aldehydes is 1. The van der Waals surface area contributed by atoms with E-state index in [0.717, 1.165) is 6.29 Å². The van der Waals surface area contributed by atoms with Gasteiger partial charge in [-0.1, -0.05) is 0 Å².